The predicted octanol–water partition coefficient (Wildman–Crippen LogP) is 1.58. The fourth-order valence-electron chi connectivity index (χ4n) is 2.38. The minimum Gasteiger partial charge on any atom is -0.494 e. The molecule has 1 heterocycles. The number of carbonyl (C=O) groups is 2. The summed E-state index contributed by atoms with van der Waals surface area (Å²) in [7, 11) is 1.41. The number of hydrogen-bond donors (Lipinski definition) is 2. The van der Waals surface area contributed by atoms with Crippen molar-refractivity contribution in [3.63, 3.8) is 0 Å². The van der Waals surface area contributed by atoms with E-state index in [1.54, 1.807) is 6.07 Å². The van der Waals surface area contributed by atoms with Crippen LogP contribution in [0.2, 0.25) is 0 Å². The van der Waals surface area contributed by atoms with Crippen LogP contribution in [-0.2, 0) is 4.79 Å². The highest BCUT2D eigenvalue weighted by molar-refractivity contribution is 5.92. The Labute approximate surface area is 127 Å². The number of carbonyl (C=O) groups excluding carboxylic acids is 2. The van der Waals surface area contributed by atoms with Gasteiger partial charge in [0, 0.05) is 19.0 Å². The Morgan fingerprint density at radius 3 is 2.68 bits per heavy atom. The third kappa shape index (κ3) is 2.98. The molecule has 0 bridgehead atoms. The lowest BCUT2D eigenvalue weighted by Gasteiger charge is -2.39. The minimum absolute atomic E-state index is 0.0126. The van der Waals surface area contributed by atoms with Gasteiger partial charge in [-0.1, -0.05) is 6.07 Å². The van der Waals surface area contributed by atoms with Crippen molar-refractivity contribution < 1.29 is 18.7 Å². The largest absolute Gasteiger partial charge is 0.494 e. The first-order valence-corrected chi connectivity index (χ1v) is 7.27. The van der Waals surface area contributed by atoms with Gasteiger partial charge in [-0.05, 0) is 25.0 Å². The van der Waals surface area contributed by atoms with E-state index in [1.807, 2.05) is 0 Å². The molecule has 1 aromatic rings. The second kappa shape index (κ2) is 5.82. The molecule has 0 radical (unpaired) electrons. The molecule has 22 heavy (non-hydrogen) atoms. The molecule has 1 saturated carbocycles. The molecule has 6 nitrogen and oxygen atoms in total. The van der Waals surface area contributed by atoms with E-state index in [0.717, 1.165) is 12.8 Å². The number of benzene rings is 1. The molecule has 0 unspecified atom stereocenters. The molecule has 3 amide bonds. The Bertz CT molecular complexity index is 598. The molecule has 2 fully saturated rings. The maximum absolute atomic E-state index is 13.8. The first-order valence-electron chi connectivity index (χ1n) is 7.27. The third-order valence-corrected chi connectivity index (χ3v) is 3.89. The van der Waals surface area contributed by atoms with Crippen molar-refractivity contribution in [3.05, 3.63) is 24.0 Å². The van der Waals surface area contributed by atoms with Gasteiger partial charge in [0.05, 0.1) is 13.2 Å². The van der Waals surface area contributed by atoms with E-state index in [2.05, 4.69) is 10.6 Å². The first kappa shape index (κ1) is 14.6. The molecule has 118 valence electrons. The van der Waals surface area contributed by atoms with E-state index < -0.39 is 11.8 Å². The number of ether oxygens (including phenoxy) is 1. The fourth-order valence-corrected chi connectivity index (χ4v) is 2.38. The number of amides is 3. The van der Waals surface area contributed by atoms with Crippen molar-refractivity contribution in [1.29, 1.82) is 0 Å². The van der Waals surface area contributed by atoms with Crippen LogP contribution in [0, 0.1) is 11.7 Å². The number of urea groups is 1. The van der Waals surface area contributed by atoms with Gasteiger partial charge in [0.2, 0.25) is 5.91 Å². The van der Waals surface area contributed by atoms with Gasteiger partial charge in [-0.15, -0.1) is 0 Å². The summed E-state index contributed by atoms with van der Waals surface area (Å²) in [5, 5.41) is 5.42. The lowest BCUT2D eigenvalue weighted by Crippen LogP contribution is -2.62. The Kier molecular flexibility index (Phi) is 3.87. The smallest absolute Gasteiger partial charge is 0.322 e. The number of likely N-dealkylation sites (tertiary alicyclic amines) is 1. The number of methoxy groups -OCH3 is 1. The average molecular weight is 307 g/mol. The Morgan fingerprint density at radius 2 is 2.05 bits per heavy atom. The number of para-hydroxylation sites is 1. The van der Waals surface area contributed by atoms with Gasteiger partial charge in [0.15, 0.2) is 5.82 Å². The van der Waals surface area contributed by atoms with Gasteiger partial charge in [-0.2, -0.15) is 0 Å². The topological polar surface area (TPSA) is 70.7 Å². The summed E-state index contributed by atoms with van der Waals surface area (Å²) in [6, 6.07) is 3.93. The maximum atomic E-state index is 13.8. The van der Waals surface area contributed by atoms with E-state index in [0.29, 0.717) is 13.1 Å². The SMILES string of the molecule is COc1cccc(F)c1NC(=O)N1CC(NC(=O)C2CC2)C1. The van der Waals surface area contributed by atoms with Crippen LogP contribution in [0.5, 0.6) is 5.75 Å². The lowest BCUT2D eigenvalue weighted by atomic mass is 10.1. The molecule has 2 aliphatic rings. The predicted molar refractivity (Wildman–Crippen MR) is 78.2 cm³/mol. The number of hydrogen-bond acceptors (Lipinski definition) is 3. The van der Waals surface area contributed by atoms with Gasteiger partial charge in [-0.25, -0.2) is 9.18 Å². The second-order valence-electron chi connectivity index (χ2n) is 5.63. The summed E-state index contributed by atoms with van der Waals surface area (Å²) in [4.78, 5) is 25.2. The van der Waals surface area contributed by atoms with Crippen molar-refractivity contribution in [2.45, 2.75) is 18.9 Å². The highest BCUT2D eigenvalue weighted by atomic mass is 19.1. The van der Waals surface area contributed by atoms with Crippen molar-refractivity contribution in [3.8, 4) is 5.75 Å². The molecule has 0 atom stereocenters. The molecule has 1 saturated heterocycles. The maximum Gasteiger partial charge on any atom is 0.322 e. The Hall–Kier alpha value is -2.31. The first-order chi connectivity index (χ1) is 10.6. The molecule has 0 aromatic heterocycles. The number of nitrogens with zero attached hydrogens (tertiary/aromatic N) is 1. The van der Waals surface area contributed by atoms with Crippen molar-refractivity contribution in [1.82, 2.24) is 10.2 Å². The summed E-state index contributed by atoms with van der Waals surface area (Å²) >= 11 is 0. The van der Waals surface area contributed by atoms with Gasteiger partial charge in [-0.3, -0.25) is 4.79 Å². The van der Waals surface area contributed by atoms with Crippen molar-refractivity contribution >= 4 is 17.6 Å². The van der Waals surface area contributed by atoms with Gasteiger partial charge in [0.1, 0.15) is 11.4 Å². The van der Waals surface area contributed by atoms with Crippen LogP contribution in [0.3, 0.4) is 0 Å². The average Bonchev–Trinajstić information content (AvgIpc) is 3.28. The third-order valence-electron chi connectivity index (χ3n) is 3.89. The highest BCUT2D eigenvalue weighted by Gasteiger charge is 2.36. The zero-order chi connectivity index (χ0) is 15.7. The summed E-state index contributed by atoms with van der Waals surface area (Å²) < 4.78 is 18.8. The summed E-state index contributed by atoms with van der Waals surface area (Å²) in [5.41, 5.74) is 0.0282. The van der Waals surface area contributed by atoms with Crippen LogP contribution in [-0.4, -0.2) is 43.1 Å². The van der Waals surface area contributed by atoms with Crippen LogP contribution >= 0.6 is 0 Å². The van der Waals surface area contributed by atoms with Crippen molar-refractivity contribution in [2.24, 2.45) is 5.92 Å². The number of rotatable bonds is 4. The van der Waals surface area contributed by atoms with E-state index >= 15 is 0 Å². The molecule has 7 heteroatoms. The molecule has 3 rings (SSSR count). The molecule has 1 aliphatic carbocycles. The number of halogens is 1. The van der Waals surface area contributed by atoms with E-state index in [-0.39, 0.29) is 29.3 Å². The molecule has 0 spiro atoms. The van der Waals surface area contributed by atoms with Gasteiger partial charge >= 0.3 is 6.03 Å². The zero-order valence-corrected chi connectivity index (χ0v) is 12.3. The standard InChI is InChI=1S/C15H18FN3O3/c1-22-12-4-2-3-11(16)13(12)18-15(21)19-7-10(8-19)17-14(20)9-5-6-9/h2-4,9-10H,5-8H2,1H3,(H,17,20)(H,18,21). The van der Waals surface area contributed by atoms with Crippen LogP contribution < -0.4 is 15.4 Å². The zero-order valence-electron chi connectivity index (χ0n) is 12.3. The molecule has 1 aromatic carbocycles. The highest BCUT2D eigenvalue weighted by Crippen LogP contribution is 2.30. The van der Waals surface area contributed by atoms with Gasteiger partial charge in [0.25, 0.3) is 0 Å². The fraction of sp³-hybridized carbons (Fsp3) is 0.467. The minimum atomic E-state index is -0.549. The molecule has 1 aliphatic heterocycles. The molecular weight excluding hydrogens is 289 g/mol. The quantitative estimate of drug-likeness (QED) is 0.887. The van der Waals surface area contributed by atoms with E-state index in [1.165, 1.54) is 24.1 Å². The Balaban J connectivity index is 1.52. The normalized spacial score (nSPS) is 17.6. The monoisotopic (exact) mass is 307 g/mol. The second-order valence-corrected chi connectivity index (χ2v) is 5.63. The lowest BCUT2D eigenvalue weighted by molar-refractivity contribution is -0.123. The van der Waals surface area contributed by atoms with Gasteiger partial charge < -0.3 is 20.3 Å². The number of anilines is 1. The van der Waals surface area contributed by atoms with Crippen LogP contribution in [0.15, 0.2) is 18.2 Å². The van der Waals surface area contributed by atoms with Crippen LogP contribution in [0.25, 0.3) is 0 Å². The Morgan fingerprint density at radius 1 is 1.32 bits per heavy atom. The summed E-state index contributed by atoms with van der Waals surface area (Å²) in [6.07, 6.45) is 1.91. The summed E-state index contributed by atoms with van der Waals surface area (Å²) in [6.45, 7) is 0.863. The molecule has 2 N–H and O–H groups in total. The number of nitrogens with one attached hydrogen (secondary N) is 2. The summed E-state index contributed by atoms with van der Waals surface area (Å²) in [5.74, 6) is -0.0503. The van der Waals surface area contributed by atoms with Crippen LogP contribution in [0.4, 0.5) is 14.9 Å². The van der Waals surface area contributed by atoms with E-state index in [4.69, 9.17) is 4.74 Å². The molecular formula is C15H18FN3O3. The van der Waals surface area contributed by atoms with Crippen LogP contribution in [0.1, 0.15) is 12.8 Å². The van der Waals surface area contributed by atoms with Crippen molar-refractivity contribution in [2.75, 3.05) is 25.5 Å². The van der Waals surface area contributed by atoms with E-state index in [9.17, 15) is 14.0 Å².